The van der Waals surface area contributed by atoms with Crippen LogP contribution in [0.1, 0.15) is 16.7 Å². The predicted molar refractivity (Wildman–Crippen MR) is 77.5 cm³/mol. The SMILES string of the molecule is Cc1cc(C)c(OCC=CCn2ccnc2)c(C)c1. The Labute approximate surface area is 114 Å². The van der Waals surface area contributed by atoms with Crippen LogP contribution in [0.15, 0.2) is 43.0 Å². The molecule has 100 valence electrons. The molecule has 2 rings (SSSR count). The molecule has 0 N–H and O–H groups in total. The van der Waals surface area contributed by atoms with Gasteiger partial charge in [-0.15, -0.1) is 0 Å². The smallest absolute Gasteiger partial charge is 0.125 e. The van der Waals surface area contributed by atoms with E-state index in [2.05, 4.69) is 44.0 Å². The molecule has 0 unspecified atom stereocenters. The molecule has 0 aliphatic rings. The Morgan fingerprint density at radius 2 is 1.89 bits per heavy atom. The Hall–Kier alpha value is -2.03. The molecule has 0 fully saturated rings. The third kappa shape index (κ3) is 3.71. The van der Waals surface area contributed by atoms with Crippen molar-refractivity contribution in [3.05, 3.63) is 59.7 Å². The number of allylic oxidation sites excluding steroid dienone is 1. The average Bonchev–Trinajstić information content (AvgIpc) is 2.84. The first-order chi connectivity index (χ1) is 9.16. The van der Waals surface area contributed by atoms with Crippen molar-refractivity contribution in [3.8, 4) is 5.75 Å². The highest BCUT2D eigenvalue weighted by atomic mass is 16.5. The molecule has 1 aromatic heterocycles. The zero-order valence-corrected chi connectivity index (χ0v) is 11.8. The van der Waals surface area contributed by atoms with Crippen LogP contribution >= 0.6 is 0 Å². The third-order valence-corrected chi connectivity index (χ3v) is 2.97. The highest BCUT2D eigenvalue weighted by Gasteiger charge is 2.03. The van der Waals surface area contributed by atoms with Crippen LogP contribution in [0, 0.1) is 20.8 Å². The number of nitrogens with zero attached hydrogens (tertiary/aromatic N) is 2. The first kappa shape index (κ1) is 13.4. The number of hydrogen-bond donors (Lipinski definition) is 0. The largest absolute Gasteiger partial charge is 0.489 e. The number of imidazole rings is 1. The fourth-order valence-corrected chi connectivity index (χ4v) is 2.18. The van der Waals surface area contributed by atoms with Crippen LogP contribution in [0.3, 0.4) is 0 Å². The second-order valence-corrected chi connectivity index (χ2v) is 4.77. The van der Waals surface area contributed by atoms with E-state index in [1.165, 1.54) is 16.7 Å². The first-order valence-corrected chi connectivity index (χ1v) is 6.48. The number of benzene rings is 1. The highest BCUT2D eigenvalue weighted by Crippen LogP contribution is 2.24. The van der Waals surface area contributed by atoms with Gasteiger partial charge in [-0.2, -0.15) is 0 Å². The molecule has 0 bridgehead atoms. The Bertz CT molecular complexity index is 533. The Kier molecular flexibility index (Phi) is 4.39. The minimum absolute atomic E-state index is 0.597. The standard InChI is InChI=1S/C16H20N2O/c1-13-10-14(2)16(15(3)11-13)19-9-5-4-7-18-8-6-17-12-18/h4-6,8,10-12H,7,9H2,1-3H3. The summed E-state index contributed by atoms with van der Waals surface area (Å²) >= 11 is 0. The van der Waals surface area contributed by atoms with E-state index in [4.69, 9.17) is 4.74 Å². The van der Waals surface area contributed by atoms with Crippen molar-refractivity contribution < 1.29 is 4.74 Å². The fraction of sp³-hybridized carbons (Fsp3) is 0.312. The monoisotopic (exact) mass is 256 g/mol. The van der Waals surface area contributed by atoms with Crippen molar-refractivity contribution in [2.45, 2.75) is 27.3 Å². The van der Waals surface area contributed by atoms with E-state index in [1.54, 1.807) is 12.5 Å². The predicted octanol–water partition coefficient (Wildman–Crippen LogP) is 3.44. The molecule has 0 saturated heterocycles. The van der Waals surface area contributed by atoms with Gasteiger partial charge in [0.2, 0.25) is 0 Å². The van der Waals surface area contributed by atoms with Gasteiger partial charge in [-0.25, -0.2) is 4.98 Å². The number of aromatic nitrogens is 2. The number of ether oxygens (including phenoxy) is 1. The van der Waals surface area contributed by atoms with Gasteiger partial charge in [-0.1, -0.05) is 23.8 Å². The number of hydrogen-bond acceptors (Lipinski definition) is 2. The second-order valence-electron chi connectivity index (χ2n) is 4.77. The number of aryl methyl sites for hydroxylation is 3. The van der Waals surface area contributed by atoms with Crippen LogP contribution in [-0.4, -0.2) is 16.2 Å². The third-order valence-electron chi connectivity index (χ3n) is 2.97. The summed E-state index contributed by atoms with van der Waals surface area (Å²) in [6, 6.07) is 4.30. The Morgan fingerprint density at radius 1 is 1.16 bits per heavy atom. The minimum Gasteiger partial charge on any atom is -0.489 e. The summed E-state index contributed by atoms with van der Waals surface area (Å²) in [5.74, 6) is 0.998. The lowest BCUT2D eigenvalue weighted by molar-refractivity contribution is 0.357. The van der Waals surface area contributed by atoms with Crippen molar-refractivity contribution in [1.82, 2.24) is 9.55 Å². The van der Waals surface area contributed by atoms with Crippen LogP contribution in [0.5, 0.6) is 5.75 Å². The molecule has 2 aromatic rings. The molecule has 1 aromatic carbocycles. The molecule has 1 heterocycles. The molecule has 3 nitrogen and oxygen atoms in total. The molecule has 0 aliphatic carbocycles. The molecule has 3 heteroatoms. The van der Waals surface area contributed by atoms with Gasteiger partial charge in [0, 0.05) is 18.9 Å². The van der Waals surface area contributed by atoms with Crippen LogP contribution in [0.2, 0.25) is 0 Å². The molecule has 0 radical (unpaired) electrons. The maximum Gasteiger partial charge on any atom is 0.125 e. The molecule has 0 saturated carbocycles. The van der Waals surface area contributed by atoms with Gasteiger partial charge in [0.15, 0.2) is 0 Å². The molecular formula is C16H20N2O. The average molecular weight is 256 g/mol. The second kappa shape index (κ2) is 6.23. The van der Waals surface area contributed by atoms with E-state index in [1.807, 2.05) is 16.8 Å². The summed E-state index contributed by atoms with van der Waals surface area (Å²) in [6.45, 7) is 7.71. The summed E-state index contributed by atoms with van der Waals surface area (Å²) < 4.78 is 7.84. The van der Waals surface area contributed by atoms with Gasteiger partial charge < -0.3 is 9.30 Å². The van der Waals surface area contributed by atoms with E-state index in [9.17, 15) is 0 Å². The summed E-state index contributed by atoms with van der Waals surface area (Å²) in [5.41, 5.74) is 3.67. The van der Waals surface area contributed by atoms with Gasteiger partial charge in [0.05, 0.1) is 6.33 Å². The zero-order valence-electron chi connectivity index (χ0n) is 11.8. The lowest BCUT2D eigenvalue weighted by Gasteiger charge is -2.11. The van der Waals surface area contributed by atoms with Gasteiger partial charge >= 0.3 is 0 Å². The maximum atomic E-state index is 5.83. The lowest BCUT2D eigenvalue weighted by Crippen LogP contribution is -1.99. The van der Waals surface area contributed by atoms with Crippen LogP contribution in [0.25, 0.3) is 0 Å². The molecule has 19 heavy (non-hydrogen) atoms. The van der Waals surface area contributed by atoms with Crippen molar-refractivity contribution in [2.75, 3.05) is 6.61 Å². The molecule has 0 spiro atoms. The highest BCUT2D eigenvalue weighted by molar-refractivity contribution is 5.43. The summed E-state index contributed by atoms with van der Waals surface area (Å²) in [6.07, 6.45) is 9.65. The van der Waals surface area contributed by atoms with Crippen LogP contribution < -0.4 is 4.74 Å². The molecular weight excluding hydrogens is 236 g/mol. The van der Waals surface area contributed by atoms with Crippen molar-refractivity contribution in [2.24, 2.45) is 0 Å². The van der Waals surface area contributed by atoms with E-state index < -0.39 is 0 Å². The van der Waals surface area contributed by atoms with Crippen LogP contribution in [0.4, 0.5) is 0 Å². The number of rotatable bonds is 5. The summed E-state index contributed by atoms with van der Waals surface area (Å²) in [5, 5.41) is 0. The molecule has 0 amide bonds. The van der Waals surface area contributed by atoms with Gasteiger partial charge in [0.1, 0.15) is 12.4 Å². The topological polar surface area (TPSA) is 27.1 Å². The summed E-state index contributed by atoms with van der Waals surface area (Å²) in [4.78, 5) is 4.00. The van der Waals surface area contributed by atoms with E-state index >= 15 is 0 Å². The summed E-state index contributed by atoms with van der Waals surface area (Å²) in [7, 11) is 0. The molecule has 0 aliphatic heterocycles. The van der Waals surface area contributed by atoms with Crippen molar-refractivity contribution in [1.29, 1.82) is 0 Å². The Balaban J connectivity index is 1.87. The van der Waals surface area contributed by atoms with Crippen molar-refractivity contribution in [3.63, 3.8) is 0 Å². The fourth-order valence-electron chi connectivity index (χ4n) is 2.18. The molecule has 0 atom stereocenters. The first-order valence-electron chi connectivity index (χ1n) is 6.48. The zero-order chi connectivity index (χ0) is 13.7. The normalized spacial score (nSPS) is 11.1. The minimum atomic E-state index is 0.597. The van der Waals surface area contributed by atoms with Gasteiger partial charge in [0.25, 0.3) is 0 Å². The Morgan fingerprint density at radius 3 is 2.53 bits per heavy atom. The van der Waals surface area contributed by atoms with E-state index in [0.717, 1.165) is 12.3 Å². The van der Waals surface area contributed by atoms with Gasteiger partial charge in [-0.05, 0) is 38.0 Å². The van der Waals surface area contributed by atoms with Crippen LogP contribution in [-0.2, 0) is 6.54 Å². The van der Waals surface area contributed by atoms with Gasteiger partial charge in [-0.3, -0.25) is 0 Å². The van der Waals surface area contributed by atoms with E-state index in [0.29, 0.717) is 6.61 Å². The quantitative estimate of drug-likeness (QED) is 0.766. The lowest BCUT2D eigenvalue weighted by atomic mass is 10.1. The van der Waals surface area contributed by atoms with E-state index in [-0.39, 0.29) is 0 Å². The maximum absolute atomic E-state index is 5.83. The van der Waals surface area contributed by atoms with Crippen molar-refractivity contribution >= 4 is 0 Å².